The van der Waals surface area contributed by atoms with Gasteiger partial charge in [-0.05, 0) is 19.3 Å². The summed E-state index contributed by atoms with van der Waals surface area (Å²) in [5, 5.41) is 31.2. The smallest absolute Gasteiger partial charge is 0.305 e. The van der Waals surface area contributed by atoms with Crippen LogP contribution in [0.3, 0.4) is 0 Å². The van der Waals surface area contributed by atoms with E-state index in [4.69, 9.17) is 23.7 Å². The van der Waals surface area contributed by atoms with E-state index >= 15 is 0 Å². The second-order valence-electron chi connectivity index (χ2n) is 12.6. The summed E-state index contributed by atoms with van der Waals surface area (Å²) in [6.45, 7) is 4.35. The van der Waals surface area contributed by atoms with Crippen LogP contribution in [0.15, 0.2) is 0 Å². The van der Waals surface area contributed by atoms with Crippen LogP contribution in [0.5, 0.6) is 0 Å². The van der Waals surface area contributed by atoms with Gasteiger partial charge >= 0.3 is 5.97 Å². The lowest BCUT2D eigenvalue weighted by Gasteiger charge is -2.20. The van der Waals surface area contributed by atoms with Gasteiger partial charge in [-0.1, -0.05) is 123 Å². The van der Waals surface area contributed by atoms with Gasteiger partial charge in [0.05, 0.1) is 13.2 Å². The van der Waals surface area contributed by atoms with Crippen LogP contribution in [0, 0.1) is 0 Å². The third-order valence-corrected chi connectivity index (χ3v) is 8.56. The van der Waals surface area contributed by atoms with Gasteiger partial charge < -0.3 is 39.0 Å². The third kappa shape index (κ3) is 16.9. The highest BCUT2D eigenvalue weighted by molar-refractivity contribution is 5.69. The minimum absolute atomic E-state index is 0.189. The van der Waals surface area contributed by atoms with E-state index < -0.39 is 36.8 Å². The molecule has 2 fully saturated rings. The van der Waals surface area contributed by atoms with Gasteiger partial charge in [-0.3, -0.25) is 4.79 Å². The van der Waals surface area contributed by atoms with Crippen molar-refractivity contribution in [1.29, 1.82) is 0 Å². The van der Waals surface area contributed by atoms with Gasteiger partial charge in [-0.2, -0.15) is 0 Å². The zero-order chi connectivity index (χ0) is 31.1. The molecule has 0 aliphatic carbocycles. The number of unbranched alkanes of at least 4 members (excludes halogenated alkanes) is 17. The second kappa shape index (κ2) is 24.4. The highest BCUT2D eigenvalue weighted by Gasteiger charge is 2.49. The number of rotatable bonds is 27. The lowest BCUT2D eigenvalue weighted by Crippen LogP contribution is -2.40. The first-order valence-electron chi connectivity index (χ1n) is 17.7. The van der Waals surface area contributed by atoms with Crippen molar-refractivity contribution in [3.05, 3.63) is 0 Å². The summed E-state index contributed by atoms with van der Waals surface area (Å²) in [5.41, 5.74) is 0. The van der Waals surface area contributed by atoms with Gasteiger partial charge in [0.25, 0.3) is 0 Å². The lowest BCUT2D eigenvalue weighted by molar-refractivity contribution is -0.195. The summed E-state index contributed by atoms with van der Waals surface area (Å²) >= 11 is 0. The van der Waals surface area contributed by atoms with Crippen molar-refractivity contribution < 1.29 is 43.8 Å². The number of hydrogen-bond donors (Lipinski definition) is 3. The highest BCUT2D eigenvalue weighted by Crippen LogP contribution is 2.30. The van der Waals surface area contributed by atoms with Crippen LogP contribution in [-0.2, 0) is 28.5 Å². The quantitative estimate of drug-likeness (QED) is 0.0718. The van der Waals surface area contributed by atoms with Crippen molar-refractivity contribution in [2.45, 2.75) is 192 Å². The first kappa shape index (κ1) is 38.4. The highest BCUT2D eigenvalue weighted by atomic mass is 16.8. The van der Waals surface area contributed by atoms with Gasteiger partial charge in [0.1, 0.15) is 37.1 Å². The topological polar surface area (TPSA) is 124 Å². The molecular formula is C34H64O9. The molecule has 0 radical (unpaired) electrons. The molecule has 254 valence electrons. The maximum Gasteiger partial charge on any atom is 0.305 e. The van der Waals surface area contributed by atoms with E-state index in [1.54, 1.807) is 0 Å². The number of carbonyl (C=O) groups is 1. The molecule has 0 unspecified atom stereocenters. The monoisotopic (exact) mass is 616 g/mol. The molecule has 3 N–H and O–H groups in total. The van der Waals surface area contributed by atoms with Crippen molar-refractivity contribution in [1.82, 2.24) is 0 Å². The van der Waals surface area contributed by atoms with Gasteiger partial charge in [0.2, 0.25) is 0 Å². The molecule has 9 heteroatoms. The number of esters is 1. The van der Waals surface area contributed by atoms with Crippen LogP contribution in [0.1, 0.15) is 149 Å². The maximum absolute atomic E-state index is 12.0. The Labute approximate surface area is 261 Å². The summed E-state index contributed by atoms with van der Waals surface area (Å²) in [6, 6.07) is 0. The Morgan fingerprint density at radius 3 is 1.84 bits per heavy atom. The number of aliphatic hydroxyl groups is 3. The summed E-state index contributed by atoms with van der Waals surface area (Å²) in [7, 11) is 0. The zero-order valence-corrected chi connectivity index (χ0v) is 27.3. The van der Waals surface area contributed by atoms with Crippen LogP contribution in [0.4, 0.5) is 0 Å². The van der Waals surface area contributed by atoms with Crippen molar-refractivity contribution in [2.24, 2.45) is 0 Å². The lowest BCUT2D eigenvalue weighted by atomic mass is 10.1. The van der Waals surface area contributed by atoms with Crippen LogP contribution >= 0.6 is 0 Å². The molecule has 0 aromatic heterocycles. The largest absolute Gasteiger partial charge is 0.463 e. The summed E-state index contributed by atoms with van der Waals surface area (Å²) < 4.78 is 28.2. The Balaban J connectivity index is 1.50. The summed E-state index contributed by atoms with van der Waals surface area (Å²) in [6.07, 6.45) is 18.1. The summed E-state index contributed by atoms with van der Waals surface area (Å²) in [5.74, 6) is -0.333. The van der Waals surface area contributed by atoms with E-state index in [2.05, 4.69) is 13.8 Å². The minimum atomic E-state index is -1.28. The molecule has 0 spiro atoms. The van der Waals surface area contributed by atoms with Crippen molar-refractivity contribution in [3.8, 4) is 0 Å². The maximum atomic E-state index is 12.0. The fourth-order valence-electron chi connectivity index (χ4n) is 5.81. The van der Waals surface area contributed by atoms with Gasteiger partial charge in [-0.15, -0.1) is 0 Å². The van der Waals surface area contributed by atoms with Crippen LogP contribution in [-0.4, -0.2) is 84.2 Å². The fraction of sp³-hybridized carbons (Fsp3) is 0.971. The fourth-order valence-corrected chi connectivity index (χ4v) is 5.81. The molecule has 2 aliphatic heterocycles. The molecule has 7 atom stereocenters. The van der Waals surface area contributed by atoms with Gasteiger partial charge in [0, 0.05) is 6.42 Å². The molecule has 43 heavy (non-hydrogen) atoms. The molecule has 0 saturated carbocycles. The van der Waals surface area contributed by atoms with Crippen LogP contribution in [0.25, 0.3) is 0 Å². The van der Waals surface area contributed by atoms with E-state index in [-0.39, 0.29) is 32.1 Å². The van der Waals surface area contributed by atoms with E-state index in [0.717, 1.165) is 38.5 Å². The molecule has 0 aromatic carbocycles. The normalized spacial score (nSPS) is 26.3. The Kier molecular flexibility index (Phi) is 21.8. The number of hydrogen-bond acceptors (Lipinski definition) is 9. The Morgan fingerprint density at radius 2 is 1.26 bits per heavy atom. The minimum Gasteiger partial charge on any atom is -0.463 e. The van der Waals surface area contributed by atoms with Crippen molar-refractivity contribution in [2.75, 3.05) is 19.8 Å². The SMILES string of the molecule is CCCCCCCCCCCC[C@@H]1OC[C@H]([C@@H]2O[C@@H](OC[C@H](O)COC(=O)CCCCCCCCCCC)[C@H](O)[C@H]2O)O1. The molecule has 2 heterocycles. The second-order valence-corrected chi connectivity index (χ2v) is 12.6. The van der Waals surface area contributed by atoms with Gasteiger partial charge in [0.15, 0.2) is 12.6 Å². The molecule has 2 rings (SSSR count). The Morgan fingerprint density at radius 1 is 0.721 bits per heavy atom. The predicted octanol–water partition coefficient (Wildman–Crippen LogP) is 6.33. The van der Waals surface area contributed by atoms with Crippen LogP contribution in [0.2, 0.25) is 0 Å². The zero-order valence-electron chi connectivity index (χ0n) is 27.3. The third-order valence-electron chi connectivity index (χ3n) is 8.56. The molecule has 2 saturated heterocycles. The molecule has 9 nitrogen and oxygen atoms in total. The first-order valence-corrected chi connectivity index (χ1v) is 17.7. The van der Waals surface area contributed by atoms with Crippen molar-refractivity contribution in [3.63, 3.8) is 0 Å². The molecule has 2 aliphatic rings. The number of carbonyl (C=O) groups excluding carboxylic acids is 1. The Hall–Kier alpha value is -0.810. The number of ether oxygens (including phenoxy) is 5. The Bertz CT molecular complexity index is 678. The molecule has 0 aromatic rings. The van der Waals surface area contributed by atoms with E-state index in [1.165, 1.54) is 89.9 Å². The van der Waals surface area contributed by atoms with Crippen molar-refractivity contribution >= 4 is 5.97 Å². The van der Waals surface area contributed by atoms with Crippen LogP contribution < -0.4 is 0 Å². The average Bonchev–Trinajstić information content (AvgIpc) is 3.58. The van der Waals surface area contributed by atoms with E-state index in [9.17, 15) is 20.1 Å². The first-order chi connectivity index (χ1) is 21.0. The van der Waals surface area contributed by atoms with E-state index in [0.29, 0.717) is 6.42 Å². The standard InChI is InChI=1S/C34H64O9/c1-3-5-7-9-11-13-15-17-19-21-23-30-40-26-28(42-30)33-31(37)32(38)34(43-33)41-25-27(35)24-39-29(36)22-20-18-16-14-12-10-8-6-4-2/h27-28,30-35,37-38H,3-26H2,1-2H3/t27-,28-,30-,31-,32-,33+,34-/m1/s1. The number of aliphatic hydroxyl groups excluding tert-OH is 3. The van der Waals surface area contributed by atoms with E-state index in [1.807, 2.05) is 0 Å². The molecular weight excluding hydrogens is 552 g/mol. The predicted molar refractivity (Wildman–Crippen MR) is 167 cm³/mol. The summed E-state index contributed by atoms with van der Waals surface area (Å²) in [4.78, 5) is 12.0. The average molecular weight is 617 g/mol. The molecule has 0 amide bonds. The molecule has 0 bridgehead atoms. The van der Waals surface area contributed by atoms with Gasteiger partial charge in [-0.25, -0.2) is 0 Å².